The summed E-state index contributed by atoms with van der Waals surface area (Å²) in [6.07, 6.45) is 0.609. The number of aryl methyl sites for hydroxylation is 1. The van der Waals surface area contributed by atoms with E-state index in [2.05, 4.69) is 20.5 Å². The second-order valence-corrected chi connectivity index (χ2v) is 5.29. The molecule has 23 heavy (non-hydrogen) atoms. The van der Waals surface area contributed by atoms with Gasteiger partial charge >= 0.3 is 0 Å². The third-order valence-electron chi connectivity index (χ3n) is 3.60. The number of nitrogens with one attached hydrogen (secondary N) is 2. The van der Waals surface area contributed by atoms with E-state index in [1.807, 2.05) is 61.5 Å². The van der Waals surface area contributed by atoms with Crippen molar-refractivity contribution < 1.29 is 4.79 Å². The van der Waals surface area contributed by atoms with E-state index in [-0.39, 0.29) is 5.91 Å². The van der Waals surface area contributed by atoms with Gasteiger partial charge in [-0.3, -0.25) is 9.89 Å². The van der Waals surface area contributed by atoms with Crippen LogP contribution in [0.5, 0.6) is 0 Å². The van der Waals surface area contributed by atoms with Crippen molar-refractivity contribution in [3.05, 3.63) is 71.5 Å². The van der Waals surface area contributed by atoms with E-state index >= 15 is 0 Å². The number of amides is 1. The number of carbonyl (C=O) groups is 1. The Morgan fingerprint density at radius 2 is 1.83 bits per heavy atom. The maximum atomic E-state index is 12.1. The first-order chi connectivity index (χ1) is 11.2. The molecular weight excluding hydrogens is 288 g/mol. The minimum Gasteiger partial charge on any atom is -0.352 e. The van der Waals surface area contributed by atoms with Gasteiger partial charge in [0.05, 0.1) is 0 Å². The number of aromatic amines is 1. The van der Waals surface area contributed by atoms with Crippen LogP contribution in [0.1, 0.15) is 21.7 Å². The molecule has 0 unspecified atom stereocenters. The minimum atomic E-state index is -0.0640. The molecule has 0 atom stereocenters. The molecule has 0 spiro atoms. The van der Waals surface area contributed by atoms with Gasteiger partial charge in [-0.2, -0.15) is 5.10 Å². The van der Waals surface area contributed by atoms with Gasteiger partial charge in [-0.15, -0.1) is 0 Å². The van der Waals surface area contributed by atoms with Gasteiger partial charge in [-0.25, -0.2) is 4.98 Å². The summed E-state index contributed by atoms with van der Waals surface area (Å²) in [5, 5.41) is 10.0. The fourth-order valence-corrected chi connectivity index (χ4v) is 2.34. The normalized spacial score (nSPS) is 10.5. The Bertz CT molecular complexity index is 796. The first-order valence-corrected chi connectivity index (χ1v) is 7.54. The monoisotopic (exact) mass is 306 g/mol. The molecule has 5 nitrogen and oxygen atoms in total. The molecule has 0 aliphatic rings. The zero-order chi connectivity index (χ0) is 16.1. The number of rotatable bonds is 5. The smallest absolute Gasteiger partial charge is 0.251 e. The average Bonchev–Trinajstić information content (AvgIpc) is 3.05. The van der Waals surface area contributed by atoms with Crippen LogP contribution in [0.15, 0.2) is 54.6 Å². The van der Waals surface area contributed by atoms with Crippen LogP contribution in [0, 0.1) is 6.92 Å². The van der Waals surface area contributed by atoms with Crippen LogP contribution in [-0.4, -0.2) is 27.6 Å². The van der Waals surface area contributed by atoms with Gasteiger partial charge in [-0.05, 0) is 18.6 Å². The van der Waals surface area contributed by atoms with E-state index in [1.165, 1.54) is 0 Å². The van der Waals surface area contributed by atoms with Gasteiger partial charge in [0.2, 0.25) is 0 Å². The van der Waals surface area contributed by atoms with E-state index < -0.39 is 0 Å². The lowest BCUT2D eigenvalue weighted by Crippen LogP contribution is -2.26. The Hall–Kier alpha value is -2.95. The third-order valence-corrected chi connectivity index (χ3v) is 3.60. The summed E-state index contributed by atoms with van der Waals surface area (Å²) in [7, 11) is 0. The molecule has 2 aromatic carbocycles. The molecule has 3 rings (SSSR count). The largest absolute Gasteiger partial charge is 0.352 e. The van der Waals surface area contributed by atoms with Gasteiger partial charge in [-0.1, -0.05) is 48.5 Å². The summed E-state index contributed by atoms with van der Waals surface area (Å²) in [6.45, 7) is 2.44. The molecule has 2 N–H and O–H groups in total. The van der Waals surface area contributed by atoms with Crippen molar-refractivity contribution in [1.82, 2.24) is 20.5 Å². The lowest BCUT2D eigenvalue weighted by atomic mass is 10.1. The fourth-order valence-electron chi connectivity index (χ4n) is 2.34. The highest BCUT2D eigenvalue weighted by Gasteiger charge is 2.09. The number of hydrogen-bond donors (Lipinski definition) is 2. The second-order valence-electron chi connectivity index (χ2n) is 5.29. The van der Waals surface area contributed by atoms with Gasteiger partial charge in [0.15, 0.2) is 5.82 Å². The summed E-state index contributed by atoms with van der Waals surface area (Å²) in [6, 6.07) is 17.3. The third kappa shape index (κ3) is 3.63. The van der Waals surface area contributed by atoms with Gasteiger partial charge < -0.3 is 5.32 Å². The predicted octanol–water partition coefficient (Wildman–Crippen LogP) is 2.75. The molecule has 0 aliphatic heterocycles. The first kappa shape index (κ1) is 15.0. The molecule has 0 saturated carbocycles. The van der Waals surface area contributed by atoms with Crippen molar-refractivity contribution in [2.45, 2.75) is 13.3 Å². The molecule has 1 aromatic heterocycles. The van der Waals surface area contributed by atoms with E-state index in [0.29, 0.717) is 24.4 Å². The van der Waals surface area contributed by atoms with E-state index in [1.54, 1.807) is 0 Å². The average molecular weight is 306 g/mol. The highest BCUT2D eigenvalue weighted by Crippen LogP contribution is 2.13. The van der Waals surface area contributed by atoms with Crippen LogP contribution >= 0.6 is 0 Å². The highest BCUT2D eigenvalue weighted by molar-refractivity contribution is 5.95. The number of nitrogens with zero attached hydrogens (tertiary/aromatic N) is 2. The molecule has 1 amide bonds. The molecule has 0 radical (unpaired) electrons. The topological polar surface area (TPSA) is 70.7 Å². The summed E-state index contributed by atoms with van der Waals surface area (Å²) in [5.41, 5.74) is 2.64. The molecule has 116 valence electrons. The summed E-state index contributed by atoms with van der Waals surface area (Å²) >= 11 is 0. The van der Waals surface area contributed by atoms with Crippen LogP contribution in [0.2, 0.25) is 0 Å². The number of hydrogen-bond acceptors (Lipinski definition) is 3. The van der Waals surface area contributed by atoms with Crippen LogP contribution in [0.25, 0.3) is 11.4 Å². The number of benzene rings is 2. The van der Waals surface area contributed by atoms with Crippen molar-refractivity contribution >= 4 is 5.91 Å². The summed E-state index contributed by atoms with van der Waals surface area (Å²) in [4.78, 5) is 16.6. The minimum absolute atomic E-state index is 0.0640. The molecular formula is C18H18N4O. The molecule has 0 saturated heterocycles. The van der Waals surface area contributed by atoms with Crippen molar-refractivity contribution in [2.24, 2.45) is 0 Å². The van der Waals surface area contributed by atoms with Crippen molar-refractivity contribution in [1.29, 1.82) is 0 Å². The number of carbonyl (C=O) groups excluding carboxylic acids is 1. The predicted molar refractivity (Wildman–Crippen MR) is 89.0 cm³/mol. The van der Waals surface area contributed by atoms with E-state index in [4.69, 9.17) is 0 Å². The summed E-state index contributed by atoms with van der Waals surface area (Å²) < 4.78 is 0. The van der Waals surface area contributed by atoms with Gasteiger partial charge in [0.25, 0.3) is 5.91 Å². The van der Waals surface area contributed by atoms with Crippen molar-refractivity contribution in [3.63, 3.8) is 0 Å². The van der Waals surface area contributed by atoms with Crippen LogP contribution < -0.4 is 5.32 Å². The first-order valence-electron chi connectivity index (χ1n) is 7.54. The van der Waals surface area contributed by atoms with Gasteiger partial charge in [0, 0.05) is 24.1 Å². The standard InChI is InChI=1S/C18H18N4O/c1-13-7-5-6-10-15(13)18(23)19-12-11-16-20-17(22-21-16)14-8-3-2-4-9-14/h2-10H,11-12H2,1H3,(H,19,23)(H,20,21,22). The summed E-state index contributed by atoms with van der Waals surface area (Å²) in [5.74, 6) is 1.37. The van der Waals surface area contributed by atoms with Crippen molar-refractivity contribution in [3.8, 4) is 11.4 Å². The lowest BCUT2D eigenvalue weighted by Gasteiger charge is -2.06. The maximum Gasteiger partial charge on any atom is 0.251 e. The van der Waals surface area contributed by atoms with E-state index in [0.717, 1.165) is 17.0 Å². The number of H-pyrrole nitrogens is 1. The quantitative estimate of drug-likeness (QED) is 0.761. The zero-order valence-corrected chi connectivity index (χ0v) is 12.9. The molecule has 3 aromatic rings. The fraction of sp³-hybridized carbons (Fsp3) is 0.167. The number of aromatic nitrogens is 3. The van der Waals surface area contributed by atoms with Crippen LogP contribution in [0.3, 0.4) is 0 Å². The second kappa shape index (κ2) is 6.87. The Kier molecular flexibility index (Phi) is 4.47. The Morgan fingerprint density at radius 1 is 1.09 bits per heavy atom. The van der Waals surface area contributed by atoms with Crippen molar-refractivity contribution in [2.75, 3.05) is 6.54 Å². The van der Waals surface area contributed by atoms with Gasteiger partial charge in [0.1, 0.15) is 5.82 Å². The van der Waals surface area contributed by atoms with Crippen LogP contribution in [-0.2, 0) is 6.42 Å². The Balaban J connectivity index is 1.56. The zero-order valence-electron chi connectivity index (χ0n) is 12.9. The Labute approximate surface area is 134 Å². The lowest BCUT2D eigenvalue weighted by molar-refractivity contribution is 0.0953. The molecule has 0 fully saturated rings. The molecule has 0 bridgehead atoms. The highest BCUT2D eigenvalue weighted by atomic mass is 16.1. The SMILES string of the molecule is Cc1ccccc1C(=O)NCCc1nc(-c2ccccc2)n[nH]1. The Morgan fingerprint density at radius 3 is 2.61 bits per heavy atom. The molecule has 5 heteroatoms. The molecule has 1 heterocycles. The molecule has 0 aliphatic carbocycles. The van der Waals surface area contributed by atoms with Crippen LogP contribution in [0.4, 0.5) is 0 Å². The van der Waals surface area contributed by atoms with E-state index in [9.17, 15) is 4.79 Å². The maximum absolute atomic E-state index is 12.1.